The molecule has 2 saturated heterocycles. The van der Waals surface area contributed by atoms with Gasteiger partial charge in [-0.1, -0.05) is 0 Å². The maximum Gasteiger partial charge on any atom is 0.326 e. The van der Waals surface area contributed by atoms with Crippen LogP contribution in [0.4, 0.5) is 0 Å². The summed E-state index contributed by atoms with van der Waals surface area (Å²) >= 11 is 0. The zero-order chi connectivity index (χ0) is 14.0. The van der Waals surface area contributed by atoms with E-state index in [4.69, 9.17) is 0 Å². The molecule has 6 nitrogen and oxygen atoms in total. The van der Waals surface area contributed by atoms with Crippen molar-refractivity contribution in [2.24, 2.45) is 5.92 Å². The zero-order valence-electron chi connectivity index (χ0n) is 11.2. The highest BCUT2D eigenvalue weighted by Crippen LogP contribution is 2.25. The van der Waals surface area contributed by atoms with Crippen molar-refractivity contribution in [3.05, 3.63) is 0 Å². The molecule has 19 heavy (non-hydrogen) atoms. The molecule has 0 aromatic rings. The van der Waals surface area contributed by atoms with E-state index in [9.17, 15) is 19.5 Å². The summed E-state index contributed by atoms with van der Waals surface area (Å²) in [6.07, 6.45) is 3.03. The number of carboxylic acids is 1. The number of piperidine rings is 2. The van der Waals surface area contributed by atoms with Crippen molar-refractivity contribution in [3.8, 4) is 0 Å². The first kappa shape index (κ1) is 13.8. The highest BCUT2D eigenvalue weighted by Gasteiger charge is 2.37. The smallest absolute Gasteiger partial charge is 0.326 e. The Morgan fingerprint density at radius 1 is 1.21 bits per heavy atom. The molecule has 2 rings (SSSR count). The number of carbonyl (C=O) groups is 3. The monoisotopic (exact) mass is 268 g/mol. The van der Waals surface area contributed by atoms with Crippen LogP contribution in [0.2, 0.25) is 0 Å². The molecule has 6 heteroatoms. The van der Waals surface area contributed by atoms with Crippen LogP contribution in [0.25, 0.3) is 0 Å². The summed E-state index contributed by atoms with van der Waals surface area (Å²) in [6.45, 7) is 1.07. The largest absolute Gasteiger partial charge is 0.480 e. The summed E-state index contributed by atoms with van der Waals surface area (Å²) in [4.78, 5) is 38.3. The van der Waals surface area contributed by atoms with Gasteiger partial charge in [-0.15, -0.1) is 0 Å². The maximum atomic E-state index is 12.4. The minimum Gasteiger partial charge on any atom is -0.480 e. The predicted molar refractivity (Wildman–Crippen MR) is 67.3 cm³/mol. The standard InChI is InChI=1S/C13H20N2O4/c1-14-7-5-9(8-11(14)16)12(17)15-6-3-2-4-10(15)13(18)19/h9-10H,2-8H2,1H3,(H,18,19). The molecule has 2 atom stereocenters. The molecule has 0 saturated carbocycles. The van der Waals surface area contributed by atoms with E-state index in [2.05, 4.69) is 0 Å². The fourth-order valence-corrected chi connectivity index (χ4v) is 2.84. The third-order valence-corrected chi connectivity index (χ3v) is 4.08. The second-order valence-corrected chi connectivity index (χ2v) is 5.39. The molecule has 2 unspecified atom stereocenters. The van der Waals surface area contributed by atoms with E-state index in [1.54, 1.807) is 11.9 Å². The Morgan fingerprint density at radius 3 is 2.58 bits per heavy atom. The number of carboxylic acid groups (broad SMARTS) is 1. The van der Waals surface area contributed by atoms with E-state index in [-0.39, 0.29) is 24.2 Å². The first-order valence-corrected chi connectivity index (χ1v) is 6.78. The molecule has 2 fully saturated rings. The van der Waals surface area contributed by atoms with Crippen LogP contribution in [-0.2, 0) is 14.4 Å². The number of hydrogen-bond acceptors (Lipinski definition) is 3. The minimum atomic E-state index is -0.938. The van der Waals surface area contributed by atoms with Crippen molar-refractivity contribution < 1.29 is 19.5 Å². The number of rotatable bonds is 2. The summed E-state index contributed by atoms with van der Waals surface area (Å²) < 4.78 is 0. The lowest BCUT2D eigenvalue weighted by Crippen LogP contribution is -2.52. The molecular formula is C13H20N2O4. The number of amides is 2. The van der Waals surface area contributed by atoms with Gasteiger partial charge in [0.25, 0.3) is 0 Å². The van der Waals surface area contributed by atoms with Crippen molar-refractivity contribution in [1.82, 2.24) is 9.80 Å². The first-order valence-electron chi connectivity index (χ1n) is 6.78. The van der Waals surface area contributed by atoms with E-state index in [1.165, 1.54) is 4.90 Å². The first-order chi connectivity index (χ1) is 9.00. The van der Waals surface area contributed by atoms with Crippen LogP contribution in [0.3, 0.4) is 0 Å². The summed E-state index contributed by atoms with van der Waals surface area (Å²) in [7, 11) is 1.73. The Bertz CT molecular complexity index is 396. The molecule has 1 N–H and O–H groups in total. The van der Waals surface area contributed by atoms with Gasteiger partial charge in [-0.05, 0) is 25.7 Å². The van der Waals surface area contributed by atoms with Crippen molar-refractivity contribution in [3.63, 3.8) is 0 Å². The van der Waals surface area contributed by atoms with Gasteiger partial charge in [-0.2, -0.15) is 0 Å². The van der Waals surface area contributed by atoms with E-state index >= 15 is 0 Å². The highest BCUT2D eigenvalue weighted by atomic mass is 16.4. The Morgan fingerprint density at radius 2 is 1.95 bits per heavy atom. The van der Waals surface area contributed by atoms with Gasteiger partial charge in [0, 0.05) is 32.5 Å². The lowest BCUT2D eigenvalue weighted by atomic mass is 9.92. The van der Waals surface area contributed by atoms with Crippen molar-refractivity contribution >= 4 is 17.8 Å². The molecule has 2 aliphatic rings. The van der Waals surface area contributed by atoms with Gasteiger partial charge in [0.05, 0.1) is 0 Å². The van der Waals surface area contributed by atoms with E-state index in [0.717, 1.165) is 12.8 Å². The third-order valence-electron chi connectivity index (χ3n) is 4.08. The Labute approximate surface area is 112 Å². The van der Waals surface area contributed by atoms with Gasteiger partial charge in [-0.3, -0.25) is 9.59 Å². The van der Waals surface area contributed by atoms with Crippen molar-refractivity contribution in [1.29, 1.82) is 0 Å². The minimum absolute atomic E-state index is 0.0338. The van der Waals surface area contributed by atoms with E-state index in [1.807, 2.05) is 0 Å². The van der Waals surface area contributed by atoms with Crippen LogP contribution < -0.4 is 0 Å². The van der Waals surface area contributed by atoms with Crippen LogP contribution in [0, 0.1) is 5.92 Å². The average Bonchev–Trinajstić information content (AvgIpc) is 2.41. The van der Waals surface area contributed by atoms with Gasteiger partial charge < -0.3 is 14.9 Å². The number of carbonyl (C=O) groups excluding carboxylic acids is 2. The van der Waals surface area contributed by atoms with Gasteiger partial charge in [0.2, 0.25) is 11.8 Å². The fourth-order valence-electron chi connectivity index (χ4n) is 2.84. The highest BCUT2D eigenvalue weighted by molar-refractivity contribution is 5.89. The Balaban J connectivity index is 2.05. The predicted octanol–water partition coefficient (Wildman–Crippen LogP) is 0.320. The van der Waals surface area contributed by atoms with Crippen LogP contribution in [0.15, 0.2) is 0 Å². The molecule has 0 bridgehead atoms. The molecule has 106 valence electrons. The summed E-state index contributed by atoms with van der Waals surface area (Å²) in [5.41, 5.74) is 0. The average molecular weight is 268 g/mol. The zero-order valence-corrected chi connectivity index (χ0v) is 11.2. The molecule has 0 aromatic heterocycles. The molecule has 0 radical (unpaired) electrons. The number of likely N-dealkylation sites (tertiary alicyclic amines) is 2. The molecule has 0 spiro atoms. The summed E-state index contributed by atoms with van der Waals surface area (Å²) in [5, 5.41) is 9.18. The van der Waals surface area contributed by atoms with Gasteiger partial charge in [0.1, 0.15) is 6.04 Å². The van der Waals surface area contributed by atoms with Crippen molar-refractivity contribution in [2.45, 2.75) is 38.1 Å². The SMILES string of the molecule is CN1CCC(C(=O)N2CCCCC2C(=O)O)CC1=O. The number of nitrogens with zero attached hydrogens (tertiary/aromatic N) is 2. The van der Waals surface area contributed by atoms with Crippen LogP contribution in [-0.4, -0.2) is 58.9 Å². The van der Waals surface area contributed by atoms with Gasteiger partial charge >= 0.3 is 5.97 Å². The number of hydrogen-bond donors (Lipinski definition) is 1. The van der Waals surface area contributed by atoms with Crippen LogP contribution in [0.5, 0.6) is 0 Å². The Hall–Kier alpha value is -1.59. The normalized spacial score (nSPS) is 28.4. The molecule has 2 amide bonds. The lowest BCUT2D eigenvalue weighted by Gasteiger charge is -2.37. The summed E-state index contributed by atoms with van der Waals surface area (Å²) in [5.74, 6) is -1.47. The maximum absolute atomic E-state index is 12.4. The topological polar surface area (TPSA) is 77.9 Å². The Kier molecular flexibility index (Phi) is 4.07. The van der Waals surface area contributed by atoms with Gasteiger partial charge in [-0.25, -0.2) is 4.79 Å². The number of aliphatic carboxylic acids is 1. The van der Waals surface area contributed by atoms with Crippen LogP contribution in [0.1, 0.15) is 32.1 Å². The van der Waals surface area contributed by atoms with Gasteiger partial charge in [0.15, 0.2) is 0 Å². The quantitative estimate of drug-likeness (QED) is 0.782. The molecule has 2 aliphatic heterocycles. The second kappa shape index (κ2) is 5.59. The lowest BCUT2D eigenvalue weighted by molar-refractivity contribution is -0.155. The molecule has 0 aromatic carbocycles. The third kappa shape index (κ3) is 2.88. The van der Waals surface area contributed by atoms with E-state index < -0.39 is 12.0 Å². The molecule has 2 heterocycles. The molecular weight excluding hydrogens is 248 g/mol. The summed E-state index contributed by atoms with van der Waals surface area (Å²) in [6, 6.07) is -0.712. The fraction of sp³-hybridized carbons (Fsp3) is 0.769. The van der Waals surface area contributed by atoms with Crippen molar-refractivity contribution in [2.75, 3.05) is 20.1 Å². The molecule has 0 aliphatic carbocycles. The second-order valence-electron chi connectivity index (χ2n) is 5.39. The van der Waals surface area contributed by atoms with E-state index in [0.29, 0.717) is 25.9 Å². The van der Waals surface area contributed by atoms with Crippen LogP contribution >= 0.6 is 0 Å².